The molecule has 0 saturated carbocycles. The summed E-state index contributed by atoms with van der Waals surface area (Å²) < 4.78 is 0. The molecule has 1 saturated heterocycles. The molecule has 1 amide bonds. The lowest BCUT2D eigenvalue weighted by atomic mass is 9.78. The molecule has 1 aromatic carbocycles. The molecule has 3 nitrogen and oxygen atoms in total. The van der Waals surface area contributed by atoms with Crippen LogP contribution in [-0.4, -0.2) is 25.0 Å². The minimum absolute atomic E-state index is 0.174. The van der Waals surface area contributed by atoms with Crippen molar-refractivity contribution in [3.05, 3.63) is 47.3 Å². The molecule has 1 atom stereocenters. The van der Waals surface area contributed by atoms with Gasteiger partial charge < -0.3 is 10.6 Å². The molecular formula is C19H24N2OS. The summed E-state index contributed by atoms with van der Waals surface area (Å²) in [5.41, 5.74) is 2.18. The van der Waals surface area contributed by atoms with E-state index in [1.165, 1.54) is 16.0 Å². The number of carbonyl (C=O) groups excluding carboxylic acids is 1. The molecule has 0 unspecified atom stereocenters. The fourth-order valence-corrected chi connectivity index (χ4v) is 4.08. The van der Waals surface area contributed by atoms with Gasteiger partial charge in [-0.15, -0.1) is 11.3 Å². The first-order chi connectivity index (χ1) is 11.1. The lowest BCUT2D eigenvalue weighted by molar-refractivity contribution is -0.130. The molecular weight excluding hydrogens is 304 g/mol. The smallest absolute Gasteiger partial charge is 0.228 e. The Bertz CT molecular complexity index is 658. The summed E-state index contributed by atoms with van der Waals surface area (Å²) in [6.45, 7) is 5.71. The predicted molar refractivity (Wildman–Crippen MR) is 96.7 cm³/mol. The molecule has 23 heavy (non-hydrogen) atoms. The van der Waals surface area contributed by atoms with Crippen molar-refractivity contribution in [3.63, 3.8) is 0 Å². The van der Waals surface area contributed by atoms with E-state index in [9.17, 15) is 4.79 Å². The van der Waals surface area contributed by atoms with E-state index in [0.29, 0.717) is 0 Å². The zero-order valence-electron chi connectivity index (χ0n) is 13.8. The van der Waals surface area contributed by atoms with E-state index in [2.05, 4.69) is 52.4 Å². The van der Waals surface area contributed by atoms with Crippen LogP contribution in [0, 0.1) is 5.41 Å². The first-order valence-corrected chi connectivity index (χ1v) is 9.12. The molecule has 2 heterocycles. The van der Waals surface area contributed by atoms with Gasteiger partial charge in [0.05, 0.1) is 5.41 Å². The summed E-state index contributed by atoms with van der Waals surface area (Å²) in [6.07, 6.45) is 1.68. The van der Waals surface area contributed by atoms with Crippen LogP contribution in [0.3, 0.4) is 0 Å². The first-order valence-electron chi connectivity index (χ1n) is 8.24. The maximum Gasteiger partial charge on any atom is 0.228 e. The van der Waals surface area contributed by atoms with Crippen LogP contribution in [0.5, 0.6) is 0 Å². The average Bonchev–Trinajstić information content (AvgIpc) is 3.19. The van der Waals surface area contributed by atoms with Gasteiger partial charge >= 0.3 is 0 Å². The Morgan fingerprint density at radius 3 is 2.78 bits per heavy atom. The Labute approximate surface area is 142 Å². The van der Waals surface area contributed by atoms with E-state index in [1.54, 1.807) is 11.3 Å². The Morgan fingerprint density at radius 2 is 2.13 bits per heavy atom. The van der Waals surface area contributed by atoms with Crippen molar-refractivity contribution in [1.29, 1.82) is 0 Å². The lowest BCUT2D eigenvalue weighted by Gasteiger charge is -2.29. The van der Waals surface area contributed by atoms with E-state index in [0.717, 1.165) is 25.9 Å². The van der Waals surface area contributed by atoms with Crippen molar-refractivity contribution in [2.75, 3.05) is 13.1 Å². The summed E-state index contributed by atoms with van der Waals surface area (Å²) in [5.74, 6) is 0.179. The molecule has 0 aliphatic carbocycles. The number of carbonyl (C=O) groups is 1. The van der Waals surface area contributed by atoms with Crippen LogP contribution in [0.4, 0.5) is 0 Å². The number of hydrogen-bond acceptors (Lipinski definition) is 3. The monoisotopic (exact) mass is 328 g/mol. The van der Waals surface area contributed by atoms with Crippen LogP contribution in [0.2, 0.25) is 0 Å². The predicted octanol–water partition coefficient (Wildman–Crippen LogP) is 3.46. The fraction of sp³-hybridized carbons (Fsp3) is 0.421. The third-order valence-electron chi connectivity index (χ3n) is 4.48. The number of rotatable bonds is 5. The van der Waals surface area contributed by atoms with Gasteiger partial charge in [-0.05, 0) is 55.8 Å². The van der Waals surface area contributed by atoms with Crippen molar-refractivity contribution in [3.8, 4) is 10.4 Å². The highest BCUT2D eigenvalue weighted by Gasteiger charge is 2.41. The SMILES string of the molecule is CC(C)NC(=O)[C@@]1(Cc2ccccc2-c2cccs2)CCNC1. The minimum atomic E-state index is -0.336. The Morgan fingerprint density at radius 1 is 1.30 bits per heavy atom. The van der Waals surface area contributed by atoms with Crippen molar-refractivity contribution >= 4 is 17.2 Å². The fourth-order valence-electron chi connectivity index (χ4n) is 3.30. The summed E-state index contributed by atoms with van der Waals surface area (Å²) in [7, 11) is 0. The van der Waals surface area contributed by atoms with Crippen LogP contribution >= 0.6 is 11.3 Å². The normalized spacial score (nSPS) is 20.8. The lowest BCUT2D eigenvalue weighted by Crippen LogP contribution is -2.46. The summed E-state index contributed by atoms with van der Waals surface area (Å²) in [6, 6.07) is 12.9. The maximum atomic E-state index is 12.8. The van der Waals surface area contributed by atoms with E-state index < -0.39 is 0 Å². The zero-order valence-corrected chi connectivity index (χ0v) is 14.6. The van der Waals surface area contributed by atoms with Gasteiger partial charge in [0.15, 0.2) is 0 Å². The molecule has 4 heteroatoms. The molecule has 2 aromatic rings. The molecule has 2 N–H and O–H groups in total. The van der Waals surface area contributed by atoms with Gasteiger partial charge in [-0.1, -0.05) is 30.3 Å². The molecule has 122 valence electrons. The molecule has 3 rings (SSSR count). The molecule has 1 aromatic heterocycles. The van der Waals surface area contributed by atoms with Gasteiger partial charge in [0, 0.05) is 17.5 Å². The topological polar surface area (TPSA) is 41.1 Å². The van der Waals surface area contributed by atoms with Gasteiger partial charge in [-0.3, -0.25) is 4.79 Å². The average molecular weight is 328 g/mol. The van der Waals surface area contributed by atoms with Crippen molar-refractivity contribution < 1.29 is 4.79 Å². The van der Waals surface area contributed by atoms with Gasteiger partial charge in [0.25, 0.3) is 0 Å². The first kappa shape index (κ1) is 16.2. The zero-order chi connectivity index (χ0) is 16.3. The van der Waals surface area contributed by atoms with E-state index in [-0.39, 0.29) is 17.4 Å². The third kappa shape index (κ3) is 3.48. The van der Waals surface area contributed by atoms with Crippen molar-refractivity contribution in [1.82, 2.24) is 10.6 Å². The van der Waals surface area contributed by atoms with Crippen LogP contribution in [0.1, 0.15) is 25.8 Å². The summed E-state index contributed by atoms with van der Waals surface area (Å²) in [4.78, 5) is 14.1. The second-order valence-electron chi connectivity index (χ2n) is 6.65. The van der Waals surface area contributed by atoms with Crippen LogP contribution in [0.15, 0.2) is 41.8 Å². The highest BCUT2D eigenvalue weighted by Crippen LogP contribution is 2.36. The molecule has 1 aliphatic heterocycles. The van der Waals surface area contributed by atoms with E-state index >= 15 is 0 Å². The molecule has 1 aliphatic rings. The molecule has 0 bridgehead atoms. The quantitative estimate of drug-likeness (QED) is 0.882. The molecule has 1 fully saturated rings. The van der Waals surface area contributed by atoms with E-state index in [4.69, 9.17) is 0 Å². The van der Waals surface area contributed by atoms with E-state index in [1.807, 2.05) is 13.8 Å². The van der Waals surface area contributed by atoms with Gasteiger partial charge in [0.2, 0.25) is 5.91 Å². The second-order valence-corrected chi connectivity index (χ2v) is 7.59. The molecule has 0 spiro atoms. The van der Waals surface area contributed by atoms with Gasteiger partial charge in [0.1, 0.15) is 0 Å². The third-order valence-corrected chi connectivity index (χ3v) is 5.38. The maximum absolute atomic E-state index is 12.8. The number of hydrogen-bond donors (Lipinski definition) is 2. The van der Waals surface area contributed by atoms with Gasteiger partial charge in [-0.2, -0.15) is 0 Å². The Hall–Kier alpha value is -1.65. The van der Waals surface area contributed by atoms with Crippen molar-refractivity contribution in [2.45, 2.75) is 32.7 Å². The number of nitrogens with one attached hydrogen (secondary N) is 2. The Balaban J connectivity index is 1.91. The second kappa shape index (κ2) is 6.85. The van der Waals surface area contributed by atoms with Crippen LogP contribution in [-0.2, 0) is 11.2 Å². The van der Waals surface area contributed by atoms with Crippen LogP contribution < -0.4 is 10.6 Å². The largest absolute Gasteiger partial charge is 0.353 e. The highest BCUT2D eigenvalue weighted by atomic mass is 32.1. The standard InChI is InChI=1S/C19H24N2OS/c1-14(2)21-18(22)19(9-10-20-13-19)12-15-6-3-4-7-16(15)17-8-5-11-23-17/h3-8,11,14,20H,9-10,12-13H2,1-2H3,(H,21,22)/t19-/m1/s1. The molecule has 0 radical (unpaired) electrons. The van der Waals surface area contributed by atoms with Crippen LogP contribution in [0.25, 0.3) is 10.4 Å². The van der Waals surface area contributed by atoms with Gasteiger partial charge in [-0.25, -0.2) is 0 Å². The highest BCUT2D eigenvalue weighted by molar-refractivity contribution is 7.13. The minimum Gasteiger partial charge on any atom is -0.353 e. The summed E-state index contributed by atoms with van der Waals surface area (Å²) >= 11 is 1.75. The Kier molecular flexibility index (Phi) is 4.83. The summed E-state index contributed by atoms with van der Waals surface area (Å²) in [5, 5.41) is 8.61. The van der Waals surface area contributed by atoms with Crippen molar-refractivity contribution in [2.24, 2.45) is 5.41 Å². The number of amides is 1. The number of benzene rings is 1. The number of thiophene rings is 1.